The normalized spacial score (nSPS) is 19.8. The molecular weight excluding hydrogens is 404 g/mol. The molecule has 0 aliphatic heterocycles. The van der Waals surface area contributed by atoms with Crippen molar-refractivity contribution in [1.82, 2.24) is 19.9 Å². The van der Waals surface area contributed by atoms with E-state index in [4.69, 9.17) is 4.98 Å². The lowest BCUT2D eigenvalue weighted by Gasteiger charge is -2.29. The Balaban J connectivity index is 1.70. The van der Waals surface area contributed by atoms with Gasteiger partial charge >= 0.3 is 0 Å². The van der Waals surface area contributed by atoms with E-state index in [1.165, 1.54) is 41.1 Å². The molecule has 0 amide bonds. The van der Waals surface area contributed by atoms with Gasteiger partial charge in [-0.25, -0.2) is 4.98 Å². The molecule has 1 aliphatic rings. The van der Waals surface area contributed by atoms with Crippen LogP contribution in [0.15, 0.2) is 11.0 Å². The Kier molecular flexibility index (Phi) is 6.14. The highest BCUT2D eigenvalue weighted by molar-refractivity contribution is 7.18. The van der Waals surface area contributed by atoms with Crippen LogP contribution in [0.25, 0.3) is 21.6 Å². The van der Waals surface area contributed by atoms with Gasteiger partial charge in [0.1, 0.15) is 10.3 Å². The van der Waals surface area contributed by atoms with Gasteiger partial charge in [-0.05, 0) is 51.0 Å². The van der Waals surface area contributed by atoms with E-state index in [9.17, 15) is 4.79 Å². The number of aromatic amines is 1. The number of thiazole rings is 1. The summed E-state index contributed by atoms with van der Waals surface area (Å²) in [7, 11) is 1.83. The molecule has 2 N–H and O–H groups in total. The monoisotopic (exact) mass is 440 g/mol. The van der Waals surface area contributed by atoms with Crippen LogP contribution in [0.3, 0.4) is 0 Å². The fraction of sp³-hybridized carbons (Fsp3) is 0.600. The highest BCUT2D eigenvalue weighted by atomic mass is 32.1. The first kappa shape index (κ1) is 22.3. The number of rotatable bonds is 5. The first-order chi connectivity index (χ1) is 14.7. The number of nitrogens with one attached hydrogen (secondary N) is 2. The van der Waals surface area contributed by atoms with E-state index in [1.807, 2.05) is 38.4 Å². The molecule has 1 aliphatic carbocycles. The molecule has 3 aromatic heterocycles. The number of aromatic nitrogens is 3. The predicted octanol–water partition coefficient (Wildman–Crippen LogP) is 5.75. The summed E-state index contributed by atoms with van der Waals surface area (Å²) in [6, 6.07) is 1.20. The quantitative estimate of drug-likeness (QED) is 0.531. The molecule has 0 unspecified atom stereocenters. The van der Waals surface area contributed by atoms with Crippen molar-refractivity contribution in [3.63, 3.8) is 0 Å². The Labute approximate surface area is 189 Å². The van der Waals surface area contributed by atoms with E-state index in [0.29, 0.717) is 23.9 Å². The van der Waals surface area contributed by atoms with Crippen molar-refractivity contribution in [3.8, 4) is 11.3 Å². The van der Waals surface area contributed by atoms with E-state index >= 15 is 0 Å². The largest absolute Gasteiger partial charge is 0.345 e. The molecule has 4 rings (SSSR count). The second-order valence-corrected chi connectivity index (χ2v) is 10.9. The highest BCUT2D eigenvalue weighted by Gasteiger charge is 2.27. The number of pyridine rings is 1. The fourth-order valence-electron chi connectivity index (χ4n) is 5.06. The number of H-pyrrole nitrogens is 1. The van der Waals surface area contributed by atoms with Gasteiger partial charge < -0.3 is 14.9 Å². The van der Waals surface area contributed by atoms with Gasteiger partial charge in [-0.2, -0.15) is 0 Å². The lowest BCUT2D eigenvalue weighted by atomic mass is 9.86. The zero-order valence-electron chi connectivity index (χ0n) is 19.9. The summed E-state index contributed by atoms with van der Waals surface area (Å²) < 4.78 is 1.69. The summed E-state index contributed by atoms with van der Waals surface area (Å²) in [5.41, 5.74) is 6.56. The third-order valence-electron chi connectivity index (χ3n) is 6.83. The van der Waals surface area contributed by atoms with Crippen molar-refractivity contribution in [1.29, 1.82) is 0 Å². The molecule has 31 heavy (non-hydrogen) atoms. The second-order valence-electron chi connectivity index (χ2n) is 9.88. The van der Waals surface area contributed by atoms with Gasteiger partial charge in [-0.3, -0.25) is 4.79 Å². The van der Waals surface area contributed by atoms with Gasteiger partial charge in [-0.15, -0.1) is 11.3 Å². The third-order valence-corrected chi connectivity index (χ3v) is 7.96. The Morgan fingerprint density at radius 2 is 1.81 bits per heavy atom. The van der Waals surface area contributed by atoms with Crippen molar-refractivity contribution in [2.75, 3.05) is 0 Å². The van der Waals surface area contributed by atoms with Crippen LogP contribution in [0.4, 0.5) is 0 Å². The summed E-state index contributed by atoms with van der Waals surface area (Å²) in [5.74, 6) is 0.919. The summed E-state index contributed by atoms with van der Waals surface area (Å²) in [6.45, 7) is 12.9. The molecule has 1 saturated carbocycles. The third kappa shape index (κ3) is 4.12. The van der Waals surface area contributed by atoms with Gasteiger partial charge in [0.05, 0.1) is 10.7 Å². The Bertz CT molecular complexity index is 1140. The van der Waals surface area contributed by atoms with Crippen LogP contribution in [0.5, 0.6) is 0 Å². The molecule has 0 spiro atoms. The van der Waals surface area contributed by atoms with Crippen molar-refractivity contribution in [2.45, 2.75) is 91.1 Å². The molecule has 168 valence electrons. The van der Waals surface area contributed by atoms with Gasteiger partial charge in [0.15, 0.2) is 0 Å². The smallest absolute Gasteiger partial charge is 0.253 e. The van der Waals surface area contributed by atoms with Crippen LogP contribution < -0.4 is 10.9 Å². The Morgan fingerprint density at radius 3 is 2.42 bits per heavy atom. The number of hydrogen-bond acceptors (Lipinski definition) is 4. The van der Waals surface area contributed by atoms with Crippen LogP contribution in [0.1, 0.15) is 86.9 Å². The molecule has 0 saturated heterocycles. The zero-order valence-corrected chi connectivity index (χ0v) is 20.7. The van der Waals surface area contributed by atoms with Gasteiger partial charge in [-0.1, -0.05) is 27.7 Å². The van der Waals surface area contributed by atoms with E-state index in [-0.39, 0.29) is 5.56 Å². The van der Waals surface area contributed by atoms with Crippen LogP contribution in [0, 0.1) is 13.8 Å². The molecule has 0 aromatic carbocycles. The summed E-state index contributed by atoms with van der Waals surface area (Å²) in [5, 5.41) is 4.98. The molecule has 0 bridgehead atoms. The van der Waals surface area contributed by atoms with Crippen LogP contribution in [-0.2, 0) is 7.05 Å². The van der Waals surface area contributed by atoms with Crippen LogP contribution in [0.2, 0.25) is 0 Å². The summed E-state index contributed by atoms with van der Waals surface area (Å²) in [4.78, 5) is 22.4. The molecule has 0 atom stereocenters. The SMILES string of the molecule is Cc1c(-c2[nH]c3sc(C4CCC(NC(C)C)CC4)nc3c2C(C)C)cn(C)c(=O)c1C. The predicted molar refractivity (Wildman–Crippen MR) is 131 cm³/mol. The van der Waals surface area contributed by atoms with Crippen LogP contribution in [-0.4, -0.2) is 26.6 Å². The van der Waals surface area contributed by atoms with Gasteiger partial charge in [0.25, 0.3) is 5.56 Å². The number of hydrogen-bond donors (Lipinski definition) is 2. The van der Waals surface area contributed by atoms with E-state index in [0.717, 1.165) is 27.9 Å². The minimum Gasteiger partial charge on any atom is -0.345 e. The van der Waals surface area contributed by atoms with Gasteiger partial charge in [0, 0.05) is 47.9 Å². The maximum absolute atomic E-state index is 12.4. The zero-order chi connectivity index (χ0) is 22.4. The Morgan fingerprint density at radius 1 is 1.13 bits per heavy atom. The van der Waals surface area contributed by atoms with Crippen molar-refractivity contribution < 1.29 is 0 Å². The lowest BCUT2D eigenvalue weighted by Crippen LogP contribution is -2.37. The number of aryl methyl sites for hydroxylation is 1. The Hall–Kier alpha value is -1.92. The lowest BCUT2D eigenvalue weighted by molar-refractivity contribution is 0.326. The standard InChI is InChI=1S/C25H36N4OS/c1-13(2)20-21(19-12-29(7)25(30)16(6)15(19)5)27-24-22(20)28-23(31-24)17-8-10-18(11-9-17)26-14(3)4/h12-14,17-18,26-27H,8-11H2,1-7H3. The van der Waals surface area contributed by atoms with Crippen molar-refractivity contribution in [2.24, 2.45) is 7.05 Å². The molecule has 5 nitrogen and oxygen atoms in total. The van der Waals surface area contributed by atoms with Crippen molar-refractivity contribution in [3.05, 3.63) is 38.2 Å². The first-order valence-corrected chi connectivity index (χ1v) is 12.4. The number of nitrogens with zero attached hydrogens (tertiary/aromatic N) is 2. The minimum atomic E-state index is 0.0729. The molecule has 0 radical (unpaired) electrons. The molecule has 3 aromatic rings. The molecule has 6 heteroatoms. The minimum absolute atomic E-state index is 0.0729. The van der Waals surface area contributed by atoms with Crippen LogP contribution >= 0.6 is 11.3 Å². The van der Waals surface area contributed by atoms with E-state index in [2.05, 4.69) is 38.0 Å². The summed E-state index contributed by atoms with van der Waals surface area (Å²) in [6.07, 6.45) is 6.85. The molecular formula is C25H36N4OS. The topological polar surface area (TPSA) is 62.7 Å². The molecule has 3 heterocycles. The summed E-state index contributed by atoms with van der Waals surface area (Å²) >= 11 is 1.83. The first-order valence-electron chi connectivity index (χ1n) is 11.6. The van der Waals surface area contributed by atoms with Gasteiger partial charge in [0.2, 0.25) is 0 Å². The molecule has 1 fully saturated rings. The fourth-order valence-corrected chi connectivity index (χ4v) is 6.21. The average Bonchev–Trinajstić information content (AvgIpc) is 3.27. The van der Waals surface area contributed by atoms with Crippen molar-refractivity contribution >= 4 is 21.7 Å². The number of fused-ring (bicyclic) bond motifs is 1. The van der Waals surface area contributed by atoms with E-state index in [1.54, 1.807) is 4.57 Å². The maximum atomic E-state index is 12.4. The highest BCUT2D eigenvalue weighted by Crippen LogP contribution is 2.42. The second kappa shape index (κ2) is 8.55. The average molecular weight is 441 g/mol. The maximum Gasteiger partial charge on any atom is 0.253 e. The van der Waals surface area contributed by atoms with E-state index < -0.39 is 0 Å².